The van der Waals surface area contributed by atoms with Crippen LogP contribution in [0.15, 0.2) is 35.2 Å². The summed E-state index contributed by atoms with van der Waals surface area (Å²) in [7, 11) is -3.19. The van der Waals surface area contributed by atoms with Gasteiger partial charge in [-0.15, -0.1) is 0 Å². The minimum atomic E-state index is -3.19. The van der Waals surface area contributed by atoms with Crippen LogP contribution in [0.1, 0.15) is 26.2 Å². The minimum Gasteiger partial charge on any atom is -0.309 e. The molecule has 0 radical (unpaired) electrons. The molecule has 0 unspecified atom stereocenters. The fourth-order valence-electron chi connectivity index (χ4n) is 2.48. The molecule has 1 aliphatic rings. The van der Waals surface area contributed by atoms with Gasteiger partial charge in [-0.2, -0.15) is 11.8 Å². The van der Waals surface area contributed by atoms with Crippen molar-refractivity contribution in [1.82, 2.24) is 5.32 Å². The Kier molecular flexibility index (Phi) is 5.93. The van der Waals surface area contributed by atoms with Crippen molar-refractivity contribution in [3.05, 3.63) is 30.3 Å². The predicted octanol–water partition coefficient (Wildman–Crippen LogP) is 2.72. The Balaban J connectivity index is 1.98. The average Bonchev–Trinajstić information content (AvgIpc) is 2.48. The van der Waals surface area contributed by atoms with E-state index in [9.17, 15) is 8.42 Å². The highest BCUT2D eigenvalue weighted by Crippen LogP contribution is 2.19. The van der Waals surface area contributed by atoms with E-state index in [1.54, 1.807) is 24.3 Å². The summed E-state index contributed by atoms with van der Waals surface area (Å²) >= 11 is 1.96. The molecule has 0 spiro atoms. The number of hydrogen-bond acceptors (Lipinski definition) is 4. The van der Waals surface area contributed by atoms with Gasteiger partial charge in [0.2, 0.25) is 0 Å². The van der Waals surface area contributed by atoms with Crippen molar-refractivity contribution in [1.29, 1.82) is 0 Å². The second-order valence-corrected chi connectivity index (χ2v) is 8.46. The van der Waals surface area contributed by atoms with Gasteiger partial charge in [0.1, 0.15) is 0 Å². The quantitative estimate of drug-likeness (QED) is 0.877. The smallest absolute Gasteiger partial charge is 0.179 e. The van der Waals surface area contributed by atoms with E-state index >= 15 is 0 Å². The van der Waals surface area contributed by atoms with Crippen molar-refractivity contribution < 1.29 is 8.42 Å². The molecule has 1 aromatic carbocycles. The minimum absolute atomic E-state index is 0.0453. The van der Waals surface area contributed by atoms with E-state index in [-0.39, 0.29) is 11.8 Å². The van der Waals surface area contributed by atoms with Gasteiger partial charge in [0, 0.05) is 17.8 Å². The highest BCUT2D eigenvalue weighted by Gasteiger charge is 2.23. The molecule has 1 fully saturated rings. The molecule has 0 saturated carbocycles. The zero-order chi connectivity index (χ0) is 14.4. The maximum atomic E-state index is 12.4. The standard InChI is InChI=1S/C15H23NO2S2/c1-2-13(16-14-7-6-10-19-11-14)12-20(17,18)15-8-4-3-5-9-15/h3-5,8-9,13-14,16H,2,6-7,10-12H2,1H3/t13-,14+/m1/s1. The SMILES string of the molecule is CC[C@H](CS(=O)(=O)c1ccccc1)N[C@H]1CCCSC1. The summed E-state index contributed by atoms with van der Waals surface area (Å²) in [6.07, 6.45) is 3.23. The van der Waals surface area contributed by atoms with Crippen LogP contribution in [-0.2, 0) is 9.84 Å². The van der Waals surface area contributed by atoms with Crippen LogP contribution in [0.4, 0.5) is 0 Å². The molecule has 1 aromatic rings. The van der Waals surface area contributed by atoms with Crippen LogP contribution in [0.3, 0.4) is 0 Å². The molecule has 3 nitrogen and oxygen atoms in total. The third-order valence-electron chi connectivity index (χ3n) is 3.65. The second kappa shape index (κ2) is 7.48. The summed E-state index contributed by atoms with van der Waals surface area (Å²) in [5.74, 6) is 2.52. The maximum absolute atomic E-state index is 12.4. The zero-order valence-corrected chi connectivity index (χ0v) is 13.6. The number of benzene rings is 1. The van der Waals surface area contributed by atoms with Gasteiger partial charge in [-0.25, -0.2) is 8.42 Å². The monoisotopic (exact) mass is 313 g/mol. The molecule has 0 bridgehead atoms. The molecule has 0 aromatic heterocycles. The van der Waals surface area contributed by atoms with Crippen molar-refractivity contribution in [3.63, 3.8) is 0 Å². The maximum Gasteiger partial charge on any atom is 0.179 e. The van der Waals surface area contributed by atoms with Gasteiger partial charge < -0.3 is 5.32 Å². The first-order valence-corrected chi connectivity index (χ1v) is 10.0. The van der Waals surface area contributed by atoms with E-state index in [2.05, 4.69) is 5.32 Å². The van der Waals surface area contributed by atoms with Crippen LogP contribution >= 0.6 is 11.8 Å². The van der Waals surface area contributed by atoms with E-state index in [0.29, 0.717) is 10.9 Å². The van der Waals surface area contributed by atoms with Gasteiger partial charge in [0.25, 0.3) is 0 Å². The van der Waals surface area contributed by atoms with Crippen molar-refractivity contribution in [2.75, 3.05) is 17.3 Å². The molecule has 1 N–H and O–H groups in total. The molecule has 2 rings (SSSR count). The number of thioether (sulfide) groups is 1. The molecular weight excluding hydrogens is 290 g/mol. The molecule has 2 atom stereocenters. The largest absolute Gasteiger partial charge is 0.309 e. The van der Waals surface area contributed by atoms with E-state index in [1.807, 2.05) is 24.8 Å². The van der Waals surface area contributed by atoms with Gasteiger partial charge in [-0.3, -0.25) is 0 Å². The van der Waals surface area contributed by atoms with Crippen molar-refractivity contribution in [2.24, 2.45) is 0 Å². The Morgan fingerprint density at radius 2 is 2.10 bits per heavy atom. The van der Waals surface area contributed by atoms with Crippen molar-refractivity contribution >= 4 is 21.6 Å². The van der Waals surface area contributed by atoms with Crippen molar-refractivity contribution in [2.45, 2.75) is 43.2 Å². The molecule has 1 heterocycles. The molecule has 0 amide bonds. The average molecular weight is 313 g/mol. The lowest BCUT2D eigenvalue weighted by molar-refractivity contribution is 0.434. The summed E-state index contributed by atoms with van der Waals surface area (Å²) in [6.45, 7) is 2.05. The third kappa shape index (κ3) is 4.50. The number of sulfone groups is 1. The normalized spacial score (nSPS) is 21.6. The highest BCUT2D eigenvalue weighted by atomic mass is 32.2. The third-order valence-corrected chi connectivity index (χ3v) is 6.69. The molecule has 0 aliphatic carbocycles. The highest BCUT2D eigenvalue weighted by molar-refractivity contribution is 7.99. The summed E-state index contributed by atoms with van der Waals surface area (Å²) in [4.78, 5) is 0.429. The van der Waals surface area contributed by atoms with E-state index in [1.165, 1.54) is 12.2 Å². The van der Waals surface area contributed by atoms with Crippen LogP contribution in [0, 0.1) is 0 Å². The predicted molar refractivity (Wildman–Crippen MR) is 86.1 cm³/mol. The van der Waals surface area contributed by atoms with Crippen molar-refractivity contribution in [3.8, 4) is 0 Å². The molecule has 5 heteroatoms. The molecule has 1 saturated heterocycles. The number of rotatable bonds is 6. The fourth-order valence-corrected chi connectivity index (χ4v) is 5.19. The Labute approximate surface area is 126 Å². The lowest BCUT2D eigenvalue weighted by Gasteiger charge is -2.27. The summed E-state index contributed by atoms with van der Waals surface area (Å²) in [6, 6.07) is 9.26. The lowest BCUT2D eigenvalue weighted by Crippen LogP contribution is -2.44. The van der Waals surface area contributed by atoms with Gasteiger partial charge in [-0.1, -0.05) is 25.1 Å². The number of hydrogen-bond donors (Lipinski definition) is 1. The van der Waals surface area contributed by atoms with Gasteiger partial charge in [0.05, 0.1) is 10.6 Å². The molecular formula is C15H23NO2S2. The Morgan fingerprint density at radius 3 is 2.70 bits per heavy atom. The molecule has 20 heavy (non-hydrogen) atoms. The van der Waals surface area contributed by atoms with Gasteiger partial charge in [0.15, 0.2) is 9.84 Å². The second-order valence-electron chi connectivity index (χ2n) is 5.28. The van der Waals surface area contributed by atoms with E-state index < -0.39 is 9.84 Å². The van der Waals surface area contributed by atoms with Crippen LogP contribution in [0.5, 0.6) is 0 Å². The van der Waals surface area contributed by atoms with Gasteiger partial charge in [-0.05, 0) is 37.1 Å². The summed E-state index contributed by atoms with van der Waals surface area (Å²) < 4.78 is 24.8. The van der Waals surface area contributed by atoms with E-state index in [4.69, 9.17) is 0 Å². The van der Waals surface area contributed by atoms with Crippen LogP contribution < -0.4 is 5.32 Å². The Bertz CT molecular complexity index is 496. The Morgan fingerprint density at radius 1 is 1.35 bits per heavy atom. The summed E-state index contributed by atoms with van der Waals surface area (Å²) in [5.41, 5.74) is 0. The first-order valence-electron chi connectivity index (χ1n) is 7.23. The van der Waals surface area contributed by atoms with Crippen LogP contribution in [0.2, 0.25) is 0 Å². The van der Waals surface area contributed by atoms with Crippen LogP contribution in [-0.4, -0.2) is 37.8 Å². The topological polar surface area (TPSA) is 46.2 Å². The zero-order valence-electron chi connectivity index (χ0n) is 11.9. The number of nitrogens with one attached hydrogen (secondary N) is 1. The van der Waals surface area contributed by atoms with Gasteiger partial charge >= 0.3 is 0 Å². The first kappa shape index (κ1) is 15.9. The Hall–Kier alpha value is -0.520. The van der Waals surface area contributed by atoms with E-state index in [0.717, 1.165) is 18.6 Å². The summed E-state index contributed by atoms with van der Waals surface area (Å²) in [5, 5.41) is 3.53. The molecule has 1 aliphatic heterocycles. The lowest BCUT2D eigenvalue weighted by atomic mass is 10.1. The fraction of sp³-hybridized carbons (Fsp3) is 0.600. The van der Waals surface area contributed by atoms with Crippen LogP contribution in [0.25, 0.3) is 0 Å². The molecule has 112 valence electrons. The first-order chi connectivity index (χ1) is 9.62.